The predicted octanol–water partition coefficient (Wildman–Crippen LogP) is 2.59. The zero-order valence-corrected chi connectivity index (χ0v) is 10.1. The summed E-state index contributed by atoms with van der Waals surface area (Å²) in [5.41, 5.74) is 1.01. The van der Waals surface area contributed by atoms with Gasteiger partial charge < -0.3 is 4.74 Å². The second kappa shape index (κ2) is 6.56. The monoisotopic (exact) mass is 227 g/mol. The minimum Gasteiger partial charge on any atom is -0.466 e. The Kier molecular flexibility index (Phi) is 5.32. The highest BCUT2D eigenvalue weighted by molar-refractivity contribution is 7.09. The molecular formula is C11H17NO2S. The van der Waals surface area contributed by atoms with E-state index in [1.807, 2.05) is 12.3 Å². The first-order valence-electron chi connectivity index (χ1n) is 5.35. The first kappa shape index (κ1) is 12.2. The van der Waals surface area contributed by atoms with E-state index in [0.29, 0.717) is 19.4 Å². The van der Waals surface area contributed by atoms with Gasteiger partial charge in [0.1, 0.15) is 0 Å². The lowest BCUT2D eigenvalue weighted by Crippen LogP contribution is -2.05. The molecule has 0 radical (unpaired) electrons. The van der Waals surface area contributed by atoms with Gasteiger partial charge in [-0.15, -0.1) is 11.3 Å². The van der Waals surface area contributed by atoms with Crippen LogP contribution in [0.1, 0.15) is 37.4 Å². The summed E-state index contributed by atoms with van der Waals surface area (Å²) in [5.74, 6) is -0.137. The second-order valence-electron chi connectivity index (χ2n) is 3.29. The molecule has 1 heterocycles. The fourth-order valence-corrected chi connectivity index (χ4v) is 2.19. The van der Waals surface area contributed by atoms with Gasteiger partial charge in [0, 0.05) is 11.8 Å². The third kappa shape index (κ3) is 4.42. The number of thiazole rings is 1. The number of ether oxygens (including phenoxy) is 1. The minimum absolute atomic E-state index is 0.137. The van der Waals surface area contributed by atoms with E-state index < -0.39 is 0 Å². The Bertz CT molecular complexity index is 309. The van der Waals surface area contributed by atoms with Crippen molar-refractivity contribution in [3.63, 3.8) is 0 Å². The van der Waals surface area contributed by atoms with E-state index in [4.69, 9.17) is 4.74 Å². The average molecular weight is 227 g/mol. The number of carbonyl (C=O) groups excluding carboxylic acids is 1. The number of hydrogen-bond donors (Lipinski definition) is 0. The molecule has 0 fully saturated rings. The third-order valence-electron chi connectivity index (χ3n) is 1.95. The largest absolute Gasteiger partial charge is 0.466 e. The van der Waals surface area contributed by atoms with Crippen molar-refractivity contribution in [2.75, 3.05) is 6.61 Å². The quantitative estimate of drug-likeness (QED) is 0.701. The summed E-state index contributed by atoms with van der Waals surface area (Å²) in [6, 6.07) is 0. The van der Waals surface area contributed by atoms with Crippen LogP contribution in [0.5, 0.6) is 0 Å². The zero-order valence-electron chi connectivity index (χ0n) is 9.28. The maximum atomic E-state index is 11.1. The molecular weight excluding hydrogens is 210 g/mol. The van der Waals surface area contributed by atoms with Gasteiger partial charge in [0.05, 0.1) is 23.7 Å². The summed E-state index contributed by atoms with van der Waals surface area (Å²) >= 11 is 1.68. The second-order valence-corrected chi connectivity index (χ2v) is 4.23. The minimum atomic E-state index is -0.137. The number of esters is 1. The maximum absolute atomic E-state index is 11.1. The molecule has 3 nitrogen and oxygen atoms in total. The Labute approximate surface area is 94.5 Å². The molecule has 1 aromatic heterocycles. The number of aryl methyl sites for hydroxylation is 2. The molecule has 0 unspecified atom stereocenters. The summed E-state index contributed by atoms with van der Waals surface area (Å²) in [5, 5.41) is 3.20. The van der Waals surface area contributed by atoms with Crippen LogP contribution in [0.15, 0.2) is 5.38 Å². The van der Waals surface area contributed by atoms with Crippen LogP contribution in [0, 0.1) is 0 Å². The van der Waals surface area contributed by atoms with Crippen LogP contribution >= 0.6 is 11.3 Å². The lowest BCUT2D eigenvalue weighted by atomic mass is 10.2. The highest BCUT2D eigenvalue weighted by atomic mass is 32.1. The number of hydrogen-bond acceptors (Lipinski definition) is 4. The molecule has 0 aliphatic heterocycles. The lowest BCUT2D eigenvalue weighted by Gasteiger charge is -1.99. The Hall–Kier alpha value is -0.900. The van der Waals surface area contributed by atoms with E-state index >= 15 is 0 Å². The van der Waals surface area contributed by atoms with Gasteiger partial charge in [-0.05, 0) is 19.8 Å². The van der Waals surface area contributed by atoms with Crippen LogP contribution in [0.2, 0.25) is 0 Å². The van der Waals surface area contributed by atoms with Crippen molar-refractivity contribution in [3.05, 3.63) is 16.1 Å². The van der Waals surface area contributed by atoms with Gasteiger partial charge in [0.2, 0.25) is 0 Å². The number of rotatable bonds is 6. The summed E-state index contributed by atoms with van der Waals surface area (Å²) < 4.78 is 4.85. The van der Waals surface area contributed by atoms with Gasteiger partial charge in [0.25, 0.3) is 0 Å². The van der Waals surface area contributed by atoms with Gasteiger partial charge in [-0.1, -0.05) is 6.92 Å². The molecule has 0 spiro atoms. The van der Waals surface area contributed by atoms with E-state index in [9.17, 15) is 4.79 Å². The van der Waals surface area contributed by atoms with E-state index in [0.717, 1.165) is 23.5 Å². The van der Waals surface area contributed by atoms with Gasteiger partial charge in [-0.3, -0.25) is 4.79 Å². The topological polar surface area (TPSA) is 39.2 Å². The Morgan fingerprint density at radius 2 is 2.27 bits per heavy atom. The molecule has 4 heteroatoms. The molecule has 0 bridgehead atoms. The van der Waals surface area contributed by atoms with Crippen LogP contribution in [-0.2, 0) is 22.4 Å². The highest BCUT2D eigenvalue weighted by Gasteiger charge is 2.05. The fourth-order valence-electron chi connectivity index (χ4n) is 1.26. The van der Waals surface area contributed by atoms with Crippen LogP contribution in [0.4, 0.5) is 0 Å². The smallest absolute Gasteiger partial charge is 0.306 e. The van der Waals surface area contributed by atoms with Gasteiger partial charge >= 0.3 is 5.97 Å². The highest BCUT2D eigenvalue weighted by Crippen LogP contribution is 2.13. The molecule has 1 rings (SSSR count). The molecule has 0 amide bonds. The number of aromatic nitrogens is 1. The molecule has 1 aromatic rings. The van der Waals surface area contributed by atoms with Crippen LogP contribution in [0.3, 0.4) is 0 Å². The Balaban J connectivity index is 2.34. The fraction of sp³-hybridized carbons (Fsp3) is 0.636. The molecule has 84 valence electrons. The van der Waals surface area contributed by atoms with Crippen molar-refractivity contribution < 1.29 is 9.53 Å². The lowest BCUT2D eigenvalue weighted by molar-refractivity contribution is -0.143. The van der Waals surface area contributed by atoms with E-state index in [2.05, 4.69) is 11.9 Å². The summed E-state index contributed by atoms with van der Waals surface area (Å²) in [4.78, 5) is 15.5. The number of carbonyl (C=O) groups is 1. The zero-order chi connectivity index (χ0) is 11.1. The average Bonchev–Trinajstić information content (AvgIpc) is 2.64. The molecule has 15 heavy (non-hydrogen) atoms. The maximum Gasteiger partial charge on any atom is 0.306 e. The normalized spacial score (nSPS) is 10.3. The van der Waals surface area contributed by atoms with Gasteiger partial charge in [-0.2, -0.15) is 0 Å². The van der Waals surface area contributed by atoms with Gasteiger partial charge in [-0.25, -0.2) is 4.98 Å². The van der Waals surface area contributed by atoms with Crippen molar-refractivity contribution in [1.82, 2.24) is 4.98 Å². The first-order chi connectivity index (χ1) is 7.26. The van der Waals surface area contributed by atoms with Crippen molar-refractivity contribution >= 4 is 17.3 Å². The standard InChI is InChI=1S/C11H17NO2S/c1-3-5-10-12-9(8-15-10)6-7-11(13)14-4-2/h8H,3-7H2,1-2H3. The molecule has 0 saturated carbocycles. The van der Waals surface area contributed by atoms with E-state index in [1.165, 1.54) is 0 Å². The molecule has 0 aromatic carbocycles. The van der Waals surface area contributed by atoms with Crippen molar-refractivity contribution in [2.24, 2.45) is 0 Å². The van der Waals surface area contributed by atoms with Crippen molar-refractivity contribution in [2.45, 2.75) is 39.5 Å². The van der Waals surface area contributed by atoms with Crippen LogP contribution in [0.25, 0.3) is 0 Å². The molecule has 0 aliphatic rings. The summed E-state index contributed by atoms with van der Waals surface area (Å²) in [6.07, 6.45) is 3.27. The van der Waals surface area contributed by atoms with E-state index in [-0.39, 0.29) is 5.97 Å². The Morgan fingerprint density at radius 1 is 1.47 bits per heavy atom. The predicted molar refractivity (Wildman–Crippen MR) is 61.1 cm³/mol. The van der Waals surface area contributed by atoms with Crippen LogP contribution < -0.4 is 0 Å². The molecule has 0 saturated heterocycles. The van der Waals surface area contributed by atoms with Gasteiger partial charge in [0.15, 0.2) is 0 Å². The molecule has 0 aliphatic carbocycles. The Morgan fingerprint density at radius 3 is 2.93 bits per heavy atom. The van der Waals surface area contributed by atoms with E-state index in [1.54, 1.807) is 11.3 Å². The SMILES string of the molecule is CCCc1nc(CCC(=O)OCC)cs1. The van der Waals surface area contributed by atoms with Crippen molar-refractivity contribution in [3.8, 4) is 0 Å². The third-order valence-corrected chi connectivity index (χ3v) is 2.91. The van der Waals surface area contributed by atoms with Crippen LogP contribution in [-0.4, -0.2) is 17.6 Å². The molecule has 0 atom stereocenters. The summed E-state index contributed by atoms with van der Waals surface area (Å²) in [6.45, 7) is 4.41. The number of nitrogens with zero attached hydrogens (tertiary/aromatic N) is 1. The summed E-state index contributed by atoms with van der Waals surface area (Å²) in [7, 11) is 0. The first-order valence-corrected chi connectivity index (χ1v) is 6.23. The van der Waals surface area contributed by atoms with Crippen molar-refractivity contribution in [1.29, 1.82) is 0 Å². The molecule has 0 N–H and O–H groups in total.